The predicted octanol–water partition coefficient (Wildman–Crippen LogP) is 6.85. The topological polar surface area (TPSA) is 56.1 Å². The van der Waals surface area contributed by atoms with Crippen molar-refractivity contribution < 1.29 is 9.13 Å². The van der Waals surface area contributed by atoms with Crippen molar-refractivity contribution >= 4 is 22.4 Å². The van der Waals surface area contributed by atoms with Crippen molar-refractivity contribution in [3.8, 4) is 22.4 Å². The number of nitrogens with one attached hydrogen (secondary N) is 3. The van der Waals surface area contributed by atoms with Crippen LogP contribution in [0.1, 0.15) is 11.1 Å². The summed E-state index contributed by atoms with van der Waals surface area (Å²) in [6, 6.07) is 24.2. The molecule has 2 aromatic heterocycles. The molecule has 0 amide bonds. The smallest absolute Gasteiger partial charge is 0.128 e. The molecule has 0 aliphatic carbocycles. The number of fused-ring (bicyclic) bond motifs is 1. The third-order valence-corrected chi connectivity index (χ3v) is 6.91. The number of para-hydroxylation sites is 1. The molecule has 5 aromatic rings. The lowest BCUT2D eigenvalue weighted by molar-refractivity contribution is 0.0337. The zero-order valence-electron chi connectivity index (χ0n) is 20.3. The van der Waals surface area contributed by atoms with Gasteiger partial charge in [0.05, 0.1) is 18.7 Å². The fraction of sp³-hybridized carbons (Fsp3) is 0.200. The minimum Gasteiger partial charge on any atom is -0.379 e. The standard InChI is InChI=1S/C30H29FN4O/c1-20-16-24(9-10-25(20)28-6-3-11-32-28)33-29-18-22-4-2-5-26(30(22)34-29)21-7-8-23(27(31)17-21)19-35-12-14-36-15-13-35/h2-11,16-18,32-34H,12-15,19H2,1H3. The Bertz CT molecular complexity index is 1500. The summed E-state index contributed by atoms with van der Waals surface area (Å²) < 4.78 is 20.5. The summed E-state index contributed by atoms with van der Waals surface area (Å²) in [5.74, 6) is 0.729. The molecule has 6 rings (SSSR count). The van der Waals surface area contributed by atoms with E-state index in [0.717, 1.165) is 57.9 Å². The fourth-order valence-corrected chi connectivity index (χ4v) is 5.00. The molecule has 1 saturated heterocycles. The second kappa shape index (κ2) is 9.64. The van der Waals surface area contributed by atoms with Gasteiger partial charge in [-0.2, -0.15) is 0 Å². The first-order valence-electron chi connectivity index (χ1n) is 12.4. The predicted molar refractivity (Wildman–Crippen MR) is 144 cm³/mol. The van der Waals surface area contributed by atoms with Gasteiger partial charge in [0.15, 0.2) is 0 Å². The molecule has 6 heteroatoms. The lowest BCUT2D eigenvalue weighted by Gasteiger charge is -2.26. The van der Waals surface area contributed by atoms with Crippen molar-refractivity contribution in [3.63, 3.8) is 0 Å². The van der Waals surface area contributed by atoms with Gasteiger partial charge in [0, 0.05) is 59.3 Å². The Labute approximate surface area is 209 Å². The number of hydrogen-bond acceptors (Lipinski definition) is 3. The summed E-state index contributed by atoms with van der Waals surface area (Å²) in [5.41, 5.74) is 8.04. The molecule has 0 radical (unpaired) electrons. The maximum Gasteiger partial charge on any atom is 0.128 e. The number of aromatic nitrogens is 2. The Kier molecular flexibility index (Phi) is 6.05. The Hall–Kier alpha value is -3.87. The normalized spacial score (nSPS) is 14.4. The summed E-state index contributed by atoms with van der Waals surface area (Å²) >= 11 is 0. The number of nitrogens with zero attached hydrogens (tertiary/aromatic N) is 1. The number of halogens is 1. The van der Waals surface area contributed by atoms with Crippen LogP contribution in [0.15, 0.2) is 79.0 Å². The number of rotatable bonds is 6. The minimum atomic E-state index is -0.168. The van der Waals surface area contributed by atoms with Crippen LogP contribution in [0.4, 0.5) is 15.9 Å². The van der Waals surface area contributed by atoms with Gasteiger partial charge in [-0.1, -0.05) is 36.4 Å². The van der Waals surface area contributed by atoms with E-state index in [2.05, 4.69) is 63.5 Å². The van der Waals surface area contributed by atoms with E-state index in [1.807, 2.05) is 36.5 Å². The lowest BCUT2D eigenvalue weighted by Crippen LogP contribution is -2.35. The summed E-state index contributed by atoms with van der Waals surface area (Å²) in [7, 11) is 0. The molecule has 1 fully saturated rings. The molecule has 36 heavy (non-hydrogen) atoms. The molecule has 0 unspecified atom stereocenters. The molecule has 5 nitrogen and oxygen atoms in total. The van der Waals surface area contributed by atoms with Gasteiger partial charge in [-0.15, -0.1) is 0 Å². The van der Waals surface area contributed by atoms with Gasteiger partial charge in [0.2, 0.25) is 0 Å². The van der Waals surface area contributed by atoms with Crippen LogP contribution in [0, 0.1) is 12.7 Å². The van der Waals surface area contributed by atoms with E-state index in [4.69, 9.17) is 4.74 Å². The van der Waals surface area contributed by atoms with Gasteiger partial charge in [-0.25, -0.2) is 4.39 Å². The Morgan fingerprint density at radius 1 is 0.944 bits per heavy atom. The van der Waals surface area contributed by atoms with Crippen LogP contribution < -0.4 is 5.32 Å². The molecule has 0 saturated carbocycles. The van der Waals surface area contributed by atoms with Gasteiger partial charge in [0.25, 0.3) is 0 Å². The van der Waals surface area contributed by atoms with E-state index in [9.17, 15) is 0 Å². The molecule has 1 aliphatic rings. The van der Waals surface area contributed by atoms with Crippen molar-refractivity contribution in [1.82, 2.24) is 14.9 Å². The molecule has 0 spiro atoms. The van der Waals surface area contributed by atoms with E-state index in [1.165, 1.54) is 11.1 Å². The van der Waals surface area contributed by atoms with Crippen molar-refractivity contribution in [2.24, 2.45) is 0 Å². The first kappa shape index (κ1) is 22.6. The average molecular weight is 481 g/mol. The zero-order valence-corrected chi connectivity index (χ0v) is 20.3. The maximum atomic E-state index is 15.1. The number of benzene rings is 3. The first-order valence-corrected chi connectivity index (χ1v) is 12.4. The third-order valence-electron chi connectivity index (χ3n) is 6.91. The Balaban J connectivity index is 1.25. The van der Waals surface area contributed by atoms with Gasteiger partial charge in [-0.05, 0) is 54.4 Å². The maximum absolute atomic E-state index is 15.1. The molecule has 3 aromatic carbocycles. The summed E-state index contributed by atoms with van der Waals surface area (Å²) in [4.78, 5) is 9.01. The summed E-state index contributed by atoms with van der Waals surface area (Å²) in [6.07, 6.45) is 1.94. The first-order chi connectivity index (χ1) is 17.6. The number of aryl methyl sites for hydroxylation is 1. The second-order valence-electron chi connectivity index (χ2n) is 9.39. The van der Waals surface area contributed by atoms with Crippen LogP contribution in [-0.4, -0.2) is 41.2 Å². The van der Waals surface area contributed by atoms with Crippen LogP contribution in [-0.2, 0) is 11.3 Å². The molecule has 0 bridgehead atoms. The average Bonchev–Trinajstić information content (AvgIpc) is 3.56. The number of anilines is 2. The van der Waals surface area contributed by atoms with Gasteiger partial charge < -0.3 is 20.0 Å². The SMILES string of the molecule is Cc1cc(Nc2cc3cccc(-c4ccc(CN5CCOCC5)c(F)c4)c3[nH]2)ccc1-c1ccc[nH]1. The van der Waals surface area contributed by atoms with Crippen LogP contribution in [0.2, 0.25) is 0 Å². The second-order valence-corrected chi connectivity index (χ2v) is 9.39. The van der Waals surface area contributed by atoms with Crippen molar-refractivity contribution in [3.05, 3.63) is 95.9 Å². The van der Waals surface area contributed by atoms with E-state index in [1.54, 1.807) is 6.07 Å². The highest BCUT2D eigenvalue weighted by Crippen LogP contribution is 2.33. The van der Waals surface area contributed by atoms with Crippen molar-refractivity contribution in [1.29, 1.82) is 0 Å². The van der Waals surface area contributed by atoms with Gasteiger partial charge in [-0.3, -0.25) is 4.90 Å². The fourth-order valence-electron chi connectivity index (χ4n) is 5.00. The lowest BCUT2D eigenvalue weighted by atomic mass is 10.0. The minimum absolute atomic E-state index is 0.168. The molecule has 3 heterocycles. The Morgan fingerprint density at radius 3 is 2.61 bits per heavy atom. The van der Waals surface area contributed by atoms with E-state index in [0.29, 0.717) is 19.8 Å². The number of ether oxygens (including phenoxy) is 1. The molecular formula is C30H29FN4O. The van der Waals surface area contributed by atoms with E-state index < -0.39 is 0 Å². The monoisotopic (exact) mass is 480 g/mol. The van der Waals surface area contributed by atoms with Crippen molar-refractivity contribution in [2.75, 3.05) is 31.6 Å². The number of H-pyrrole nitrogens is 2. The number of hydrogen-bond donors (Lipinski definition) is 3. The quantitative estimate of drug-likeness (QED) is 0.249. The number of aromatic amines is 2. The molecule has 182 valence electrons. The number of morpholine rings is 1. The third kappa shape index (κ3) is 4.53. The Morgan fingerprint density at radius 2 is 1.83 bits per heavy atom. The largest absolute Gasteiger partial charge is 0.379 e. The van der Waals surface area contributed by atoms with Gasteiger partial charge in [0.1, 0.15) is 11.6 Å². The summed E-state index contributed by atoms with van der Waals surface area (Å²) in [5, 5.41) is 4.57. The summed E-state index contributed by atoms with van der Waals surface area (Å²) in [6.45, 7) is 5.82. The molecular weight excluding hydrogens is 451 g/mol. The highest BCUT2D eigenvalue weighted by atomic mass is 19.1. The van der Waals surface area contributed by atoms with Crippen LogP contribution in [0.5, 0.6) is 0 Å². The van der Waals surface area contributed by atoms with Crippen molar-refractivity contribution in [2.45, 2.75) is 13.5 Å². The molecule has 3 N–H and O–H groups in total. The zero-order chi connectivity index (χ0) is 24.5. The van der Waals surface area contributed by atoms with E-state index >= 15 is 4.39 Å². The highest BCUT2D eigenvalue weighted by molar-refractivity contribution is 5.97. The molecule has 0 atom stereocenters. The van der Waals surface area contributed by atoms with Gasteiger partial charge >= 0.3 is 0 Å². The highest BCUT2D eigenvalue weighted by Gasteiger charge is 2.15. The van der Waals surface area contributed by atoms with Crippen LogP contribution >= 0.6 is 0 Å². The van der Waals surface area contributed by atoms with Crippen LogP contribution in [0.25, 0.3) is 33.3 Å². The van der Waals surface area contributed by atoms with Crippen LogP contribution in [0.3, 0.4) is 0 Å². The van der Waals surface area contributed by atoms with E-state index in [-0.39, 0.29) is 5.82 Å². The molecule has 1 aliphatic heterocycles.